The summed E-state index contributed by atoms with van der Waals surface area (Å²) in [5, 5.41) is 0.294. The number of hydrogen-bond acceptors (Lipinski definition) is 1. The topological polar surface area (TPSA) is 26.9 Å². The Morgan fingerprint density at radius 2 is 1.64 bits per heavy atom. The summed E-state index contributed by atoms with van der Waals surface area (Å²) in [5.74, 6) is 0.725. The molecule has 0 spiro atoms. The van der Waals surface area contributed by atoms with Gasteiger partial charge in [0.1, 0.15) is 5.02 Å². The minimum Gasteiger partial charge on any atom is -0.283 e. The maximum Gasteiger partial charge on any atom is 0.290 e. The smallest absolute Gasteiger partial charge is 0.283 e. The summed E-state index contributed by atoms with van der Waals surface area (Å²) < 4.78 is 3.53. The van der Waals surface area contributed by atoms with E-state index in [1.165, 1.54) is 31.2 Å². The first-order chi connectivity index (χ1) is 15.9. The number of aryl methyl sites for hydroxylation is 1. The van der Waals surface area contributed by atoms with Gasteiger partial charge in [0.2, 0.25) is 0 Å². The first-order valence-corrected chi connectivity index (χ1v) is 12.6. The molecule has 2 atom stereocenters. The van der Waals surface area contributed by atoms with Gasteiger partial charge < -0.3 is 0 Å². The summed E-state index contributed by atoms with van der Waals surface area (Å²) in [7, 11) is 1.91. The Bertz CT molecular complexity index is 1080. The quantitative estimate of drug-likeness (QED) is 0.252. The van der Waals surface area contributed by atoms with Crippen LogP contribution < -0.4 is 5.56 Å². The lowest BCUT2D eigenvalue weighted by molar-refractivity contribution is 0.400. The first-order valence-electron chi connectivity index (χ1n) is 12.2. The molecule has 0 N–H and O–H groups in total. The molecule has 2 unspecified atom stereocenters. The standard InChI is InChI=1S/C29H37ClN2O/c1-5-13-24(16-12-17-25-14-8-6-9-15-25)21-20-22(2)23(3)28-27(30)29(33)32(31(28)4)26-18-10-7-11-19-26/h6-11,14-15,18-19,23-24H,2,5,12-13,16-17,20-21H2,1,3-4H3. The van der Waals surface area contributed by atoms with Crippen LogP contribution in [-0.4, -0.2) is 9.36 Å². The molecule has 176 valence electrons. The van der Waals surface area contributed by atoms with Crippen molar-refractivity contribution >= 4 is 11.6 Å². The van der Waals surface area contributed by atoms with E-state index < -0.39 is 0 Å². The van der Waals surface area contributed by atoms with E-state index in [1.54, 1.807) is 4.68 Å². The van der Waals surface area contributed by atoms with Crippen LogP contribution >= 0.6 is 11.6 Å². The molecule has 1 heterocycles. The van der Waals surface area contributed by atoms with Crippen molar-refractivity contribution in [2.24, 2.45) is 13.0 Å². The van der Waals surface area contributed by atoms with Gasteiger partial charge in [-0.3, -0.25) is 9.48 Å². The molecule has 0 aliphatic carbocycles. The minimum absolute atomic E-state index is 0.0201. The fourth-order valence-corrected chi connectivity index (χ4v) is 5.16. The largest absolute Gasteiger partial charge is 0.290 e. The van der Waals surface area contributed by atoms with Crippen LogP contribution in [0, 0.1) is 5.92 Å². The molecule has 2 aromatic carbocycles. The van der Waals surface area contributed by atoms with Gasteiger partial charge in [-0.05, 0) is 49.3 Å². The zero-order valence-electron chi connectivity index (χ0n) is 20.3. The average Bonchev–Trinajstić information content (AvgIpc) is 3.05. The Morgan fingerprint density at radius 3 is 2.27 bits per heavy atom. The number of hydrogen-bond donors (Lipinski definition) is 0. The Morgan fingerprint density at radius 1 is 1.00 bits per heavy atom. The van der Waals surface area contributed by atoms with Crippen molar-refractivity contribution in [1.82, 2.24) is 9.36 Å². The molecule has 33 heavy (non-hydrogen) atoms. The summed E-state index contributed by atoms with van der Waals surface area (Å²) in [6.45, 7) is 8.78. The van der Waals surface area contributed by atoms with Crippen molar-refractivity contribution in [2.45, 2.75) is 64.7 Å². The lowest BCUT2D eigenvalue weighted by atomic mass is 9.87. The van der Waals surface area contributed by atoms with E-state index in [0.717, 1.165) is 36.2 Å². The molecular weight excluding hydrogens is 428 g/mol. The summed E-state index contributed by atoms with van der Waals surface area (Å²) in [5.41, 5.74) is 4.04. The van der Waals surface area contributed by atoms with Crippen LogP contribution in [0.25, 0.3) is 5.69 Å². The second kappa shape index (κ2) is 12.1. The Hall–Kier alpha value is -2.52. The van der Waals surface area contributed by atoms with E-state index in [9.17, 15) is 4.79 Å². The second-order valence-corrected chi connectivity index (χ2v) is 9.50. The van der Waals surface area contributed by atoms with E-state index >= 15 is 0 Å². The third-order valence-corrected chi connectivity index (χ3v) is 7.12. The third kappa shape index (κ3) is 6.29. The highest BCUT2D eigenvalue weighted by Gasteiger charge is 2.24. The van der Waals surface area contributed by atoms with Gasteiger partial charge >= 0.3 is 0 Å². The Kier molecular flexibility index (Phi) is 9.20. The lowest BCUT2D eigenvalue weighted by Gasteiger charge is -2.21. The predicted octanol–water partition coefficient (Wildman–Crippen LogP) is 7.71. The van der Waals surface area contributed by atoms with Crippen molar-refractivity contribution in [1.29, 1.82) is 0 Å². The van der Waals surface area contributed by atoms with Crippen molar-refractivity contribution in [3.63, 3.8) is 0 Å². The van der Waals surface area contributed by atoms with E-state index in [0.29, 0.717) is 10.9 Å². The molecule has 0 aliphatic heterocycles. The summed E-state index contributed by atoms with van der Waals surface area (Å²) >= 11 is 6.55. The number of halogens is 1. The monoisotopic (exact) mass is 464 g/mol. The van der Waals surface area contributed by atoms with Crippen LogP contribution in [0.1, 0.15) is 69.5 Å². The van der Waals surface area contributed by atoms with Crippen LogP contribution in [0.3, 0.4) is 0 Å². The van der Waals surface area contributed by atoms with Gasteiger partial charge in [-0.1, -0.05) is 105 Å². The molecule has 0 amide bonds. The fraction of sp³-hybridized carbons (Fsp3) is 0.414. The zero-order valence-corrected chi connectivity index (χ0v) is 21.0. The molecule has 0 bridgehead atoms. The molecule has 3 aromatic rings. The van der Waals surface area contributed by atoms with Gasteiger partial charge in [-0.25, -0.2) is 4.68 Å². The summed E-state index contributed by atoms with van der Waals surface area (Å²) in [6, 6.07) is 20.4. The number of aromatic nitrogens is 2. The number of para-hydroxylation sites is 1. The number of allylic oxidation sites excluding steroid dienone is 1. The van der Waals surface area contributed by atoms with Crippen LogP contribution in [0.4, 0.5) is 0 Å². The molecule has 0 radical (unpaired) electrons. The van der Waals surface area contributed by atoms with Crippen LogP contribution in [0.15, 0.2) is 77.6 Å². The van der Waals surface area contributed by atoms with Gasteiger partial charge in [0.05, 0.1) is 11.4 Å². The maximum absolute atomic E-state index is 12.9. The van der Waals surface area contributed by atoms with E-state index in [4.69, 9.17) is 11.6 Å². The average molecular weight is 465 g/mol. The fourth-order valence-electron chi connectivity index (χ4n) is 4.80. The van der Waals surface area contributed by atoms with Crippen molar-refractivity contribution < 1.29 is 0 Å². The normalized spacial score (nSPS) is 13.1. The molecule has 1 aromatic heterocycles. The maximum atomic E-state index is 12.9. The van der Waals surface area contributed by atoms with Gasteiger partial charge in [0.15, 0.2) is 0 Å². The minimum atomic E-state index is -0.176. The SMILES string of the molecule is C=C(CCC(CCC)CCCc1ccccc1)C(C)c1c(Cl)c(=O)n(-c2ccccc2)n1C. The number of benzene rings is 2. The zero-order chi connectivity index (χ0) is 23.8. The molecule has 0 saturated heterocycles. The van der Waals surface area contributed by atoms with Gasteiger partial charge in [-0.15, -0.1) is 0 Å². The molecule has 3 rings (SSSR count). The highest BCUT2D eigenvalue weighted by molar-refractivity contribution is 6.31. The highest BCUT2D eigenvalue weighted by atomic mass is 35.5. The molecule has 4 heteroatoms. The Balaban J connectivity index is 1.64. The summed E-state index contributed by atoms with van der Waals surface area (Å²) in [4.78, 5) is 12.9. The van der Waals surface area contributed by atoms with Crippen LogP contribution in [-0.2, 0) is 13.5 Å². The van der Waals surface area contributed by atoms with Gasteiger partial charge in [-0.2, -0.15) is 0 Å². The first kappa shape index (κ1) is 25.1. The van der Waals surface area contributed by atoms with Crippen molar-refractivity contribution in [3.8, 4) is 5.69 Å². The number of nitrogens with zero attached hydrogens (tertiary/aromatic N) is 2. The molecule has 0 saturated carbocycles. The molecular formula is C29H37ClN2O. The summed E-state index contributed by atoms with van der Waals surface area (Å²) in [6.07, 6.45) is 8.15. The second-order valence-electron chi connectivity index (χ2n) is 9.13. The van der Waals surface area contributed by atoms with E-state index in [2.05, 4.69) is 50.8 Å². The highest BCUT2D eigenvalue weighted by Crippen LogP contribution is 2.32. The van der Waals surface area contributed by atoms with Crippen LogP contribution in [0.2, 0.25) is 5.02 Å². The van der Waals surface area contributed by atoms with Gasteiger partial charge in [0.25, 0.3) is 5.56 Å². The molecule has 3 nitrogen and oxygen atoms in total. The lowest BCUT2D eigenvalue weighted by Crippen LogP contribution is -2.20. The molecule has 0 aliphatic rings. The van der Waals surface area contributed by atoms with E-state index in [-0.39, 0.29) is 11.5 Å². The predicted molar refractivity (Wildman–Crippen MR) is 141 cm³/mol. The molecule has 0 fully saturated rings. The third-order valence-electron chi connectivity index (χ3n) is 6.77. The van der Waals surface area contributed by atoms with Crippen LogP contribution in [0.5, 0.6) is 0 Å². The van der Waals surface area contributed by atoms with E-state index in [1.807, 2.05) is 42.1 Å². The van der Waals surface area contributed by atoms with Crippen molar-refractivity contribution in [3.05, 3.63) is 99.4 Å². The Labute approximate surface area is 203 Å². The van der Waals surface area contributed by atoms with Crippen molar-refractivity contribution in [2.75, 3.05) is 0 Å². The van der Waals surface area contributed by atoms with Gasteiger partial charge in [0, 0.05) is 13.0 Å². The number of rotatable bonds is 12.